The lowest BCUT2D eigenvalue weighted by Gasteiger charge is -2.19. The zero-order valence-corrected chi connectivity index (χ0v) is 15.9. The van der Waals surface area contributed by atoms with Crippen molar-refractivity contribution in [3.63, 3.8) is 0 Å². The van der Waals surface area contributed by atoms with Crippen LogP contribution in [0.4, 0.5) is 11.4 Å². The number of methoxy groups -OCH3 is 1. The quantitative estimate of drug-likeness (QED) is 0.693. The van der Waals surface area contributed by atoms with E-state index < -0.39 is 11.9 Å². The van der Waals surface area contributed by atoms with Gasteiger partial charge in [-0.15, -0.1) is 0 Å². The second-order valence-corrected chi connectivity index (χ2v) is 6.93. The predicted molar refractivity (Wildman–Crippen MR) is 111 cm³/mol. The van der Waals surface area contributed by atoms with Gasteiger partial charge in [0.2, 0.25) is 11.8 Å². The first-order chi connectivity index (χ1) is 14.1. The van der Waals surface area contributed by atoms with Gasteiger partial charge in [0.15, 0.2) is 0 Å². The van der Waals surface area contributed by atoms with Gasteiger partial charge in [0.1, 0.15) is 0 Å². The van der Waals surface area contributed by atoms with Crippen molar-refractivity contribution in [3.8, 4) is 0 Å². The van der Waals surface area contributed by atoms with E-state index in [2.05, 4.69) is 5.32 Å². The molecule has 1 atom stereocenters. The average molecular weight is 388 g/mol. The van der Waals surface area contributed by atoms with Crippen LogP contribution in [0, 0.1) is 5.92 Å². The molecule has 3 aromatic carbocycles. The number of amides is 2. The highest BCUT2D eigenvalue weighted by Gasteiger charge is 2.36. The van der Waals surface area contributed by atoms with Crippen LogP contribution in [0.25, 0.3) is 10.8 Å². The van der Waals surface area contributed by atoms with Gasteiger partial charge in [-0.3, -0.25) is 9.59 Å². The first-order valence-corrected chi connectivity index (χ1v) is 9.35. The number of carbonyl (C=O) groups is 3. The topological polar surface area (TPSA) is 75.7 Å². The van der Waals surface area contributed by atoms with Crippen molar-refractivity contribution in [2.45, 2.75) is 6.42 Å². The Balaban J connectivity index is 1.56. The Bertz CT molecular complexity index is 1100. The highest BCUT2D eigenvalue weighted by atomic mass is 16.5. The largest absolute Gasteiger partial charge is 0.465 e. The molecule has 1 unspecified atom stereocenters. The number of fused-ring (bicyclic) bond motifs is 1. The maximum Gasteiger partial charge on any atom is 0.339 e. The zero-order chi connectivity index (χ0) is 20.4. The third-order valence-electron chi connectivity index (χ3n) is 5.14. The van der Waals surface area contributed by atoms with Crippen LogP contribution in [0.5, 0.6) is 0 Å². The van der Waals surface area contributed by atoms with E-state index in [-0.39, 0.29) is 23.8 Å². The third-order valence-corrected chi connectivity index (χ3v) is 5.14. The van der Waals surface area contributed by atoms with Crippen molar-refractivity contribution in [1.82, 2.24) is 0 Å². The summed E-state index contributed by atoms with van der Waals surface area (Å²) in [5.41, 5.74) is 1.46. The Morgan fingerprint density at radius 2 is 1.72 bits per heavy atom. The van der Waals surface area contributed by atoms with Gasteiger partial charge >= 0.3 is 5.97 Å². The monoisotopic (exact) mass is 388 g/mol. The number of rotatable bonds is 4. The SMILES string of the molecule is COC(=O)c1ccccc1NC(=O)C1CC(=O)N(c2cccc3ccccc23)C1. The number of hydrogen-bond acceptors (Lipinski definition) is 4. The van der Waals surface area contributed by atoms with Gasteiger partial charge in [0.25, 0.3) is 0 Å². The third kappa shape index (κ3) is 3.57. The molecule has 0 saturated carbocycles. The van der Waals surface area contributed by atoms with Crippen molar-refractivity contribution in [3.05, 3.63) is 72.3 Å². The smallest absolute Gasteiger partial charge is 0.339 e. The van der Waals surface area contributed by atoms with Crippen molar-refractivity contribution in [2.24, 2.45) is 5.92 Å². The molecule has 6 heteroatoms. The summed E-state index contributed by atoms with van der Waals surface area (Å²) in [5, 5.41) is 4.79. The number of carbonyl (C=O) groups excluding carboxylic acids is 3. The van der Waals surface area contributed by atoms with E-state index in [0.29, 0.717) is 12.2 Å². The van der Waals surface area contributed by atoms with E-state index in [4.69, 9.17) is 4.74 Å². The minimum atomic E-state index is -0.527. The standard InChI is InChI=1S/C23H20N2O4/c1-29-23(28)18-10-4-5-11-19(18)24-22(27)16-13-21(26)25(14-16)20-12-6-8-15-7-2-3-9-17(15)20/h2-12,16H,13-14H2,1H3,(H,24,27). The van der Waals surface area contributed by atoms with Crippen LogP contribution < -0.4 is 10.2 Å². The molecule has 2 amide bonds. The van der Waals surface area contributed by atoms with E-state index in [1.807, 2.05) is 42.5 Å². The fourth-order valence-electron chi connectivity index (χ4n) is 3.67. The number of nitrogens with zero attached hydrogens (tertiary/aromatic N) is 1. The molecule has 0 radical (unpaired) electrons. The summed E-state index contributed by atoms with van der Waals surface area (Å²) in [6.45, 7) is 0.291. The molecular formula is C23H20N2O4. The lowest BCUT2D eigenvalue weighted by Crippen LogP contribution is -2.28. The number of para-hydroxylation sites is 1. The van der Waals surface area contributed by atoms with Crippen LogP contribution in [0.1, 0.15) is 16.8 Å². The molecule has 4 rings (SSSR count). The molecule has 1 aliphatic rings. The van der Waals surface area contributed by atoms with Crippen molar-refractivity contribution in [1.29, 1.82) is 0 Å². The molecule has 0 aromatic heterocycles. The number of anilines is 2. The van der Waals surface area contributed by atoms with E-state index in [1.54, 1.807) is 29.2 Å². The van der Waals surface area contributed by atoms with Crippen molar-refractivity contribution >= 4 is 39.9 Å². The summed E-state index contributed by atoms with van der Waals surface area (Å²) in [5.74, 6) is -1.42. The van der Waals surface area contributed by atoms with E-state index in [0.717, 1.165) is 16.5 Å². The molecule has 1 aliphatic heterocycles. The molecule has 1 fully saturated rings. The molecule has 1 heterocycles. The van der Waals surface area contributed by atoms with Crippen molar-refractivity contribution < 1.29 is 19.1 Å². The maximum absolute atomic E-state index is 12.8. The molecule has 0 bridgehead atoms. The van der Waals surface area contributed by atoms with Gasteiger partial charge in [-0.25, -0.2) is 4.79 Å². The predicted octanol–water partition coefficient (Wildman–Crippen LogP) is 3.62. The van der Waals surface area contributed by atoms with Crippen LogP contribution in [0.3, 0.4) is 0 Å². The van der Waals surface area contributed by atoms with Gasteiger partial charge in [-0.2, -0.15) is 0 Å². The normalized spacial score (nSPS) is 16.1. The number of ether oxygens (including phenoxy) is 1. The first kappa shape index (κ1) is 18.7. The Hall–Kier alpha value is -3.67. The first-order valence-electron chi connectivity index (χ1n) is 9.35. The fraction of sp³-hybridized carbons (Fsp3) is 0.174. The second-order valence-electron chi connectivity index (χ2n) is 6.93. The van der Waals surface area contributed by atoms with Crippen molar-refractivity contribution in [2.75, 3.05) is 23.9 Å². The molecule has 1 saturated heterocycles. The Labute approximate surface area is 168 Å². The number of nitrogens with one attached hydrogen (secondary N) is 1. The van der Waals surface area contributed by atoms with Crippen LogP contribution in [-0.4, -0.2) is 31.4 Å². The maximum atomic E-state index is 12.8. The Morgan fingerprint density at radius 3 is 2.55 bits per heavy atom. The van der Waals surface area contributed by atoms with Crippen LogP contribution in [-0.2, 0) is 14.3 Å². The van der Waals surface area contributed by atoms with Gasteiger partial charge < -0.3 is 15.0 Å². The minimum absolute atomic E-state index is 0.0947. The number of benzene rings is 3. The second kappa shape index (κ2) is 7.75. The highest BCUT2D eigenvalue weighted by Crippen LogP contribution is 2.32. The zero-order valence-electron chi connectivity index (χ0n) is 15.9. The van der Waals surface area contributed by atoms with Gasteiger partial charge in [-0.05, 0) is 23.6 Å². The Morgan fingerprint density at radius 1 is 1.00 bits per heavy atom. The van der Waals surface area contributed by atoms with E-state index in [9.17, 15) is 14.4 Å². The molecule has 146 valence electrons. The molecule has 0 spiro atoms. The lowest BCUT2D eigenvalue weighted by molar-refractivity contribution is -0.122. The lowest BCUT2D eigenvalue weighted by atomic mass is 10.1. The summed E-state index contributed by atoms with van der Waals surface area (Å²) in [7, 11) is 1.29. The molecule has 0 aliphatic carbocycles. The summed E-state index contributed by atoms with van der Waals surface area (Å²) in [4.78, 5) is 39.1. The summed E-state index contributed by atoms with van der Waals surface area (Å²) in [6.07, 6.45) is 0.120. The van der Waals surface area contributed by atoms with E-state index >= 15 is 0 Å². The van der Waals surface area contributed by atoms with Crippen LogP contribution in [0.2, 0.25) is 0 Å². The minimum Gasteiger partial charge on any atom is -0.465 e. The van der Waals surface area contributed by atoms with Crippen LogP contribution >= 0.6 is 0 Å². The molecular weight excluding hydrogens is 368 g/mol. The Kier molecular flexibility index (Phi) is 4.99. The number of esters is 1. The molecule has 1 N–H and O–H groups in total. The van der Waals surface area contributed by atoms with Crippen LogP contribution in [0.15, 0.2) is 66.7 Å². The van der Waals surface area contributed by atoms with Gasteiger partial charge in [0, 0.05) is 18.4 Å². The van der Waals surface area contributed by atoms with Gasteiger partial charge in [-0.1, -0.05) is 48.5 Å². The summed E-state index contributed by atoms with van der Waals surface area (Å²) >= 11 is 0. The highest BCUT2D eigenvalue weighted by molar-refractivity contribution is 6.09. The number of hydrogen-bond donors (Lipinski definition) is 1. The molecule has 3 aromatic rings. The summed E-state index contributed by atoms with van der Waals surface area (Å²) in [6, 6.07) is 20.3. The molecule has 29 heavy (non-hydrogen) atoms. The van der Waals surface area contributed by atoms with Gasteiger partial charge in [0.05, 0.1) is 30.0 Å². The summed E-state index contributed by atoms with van der Waals surface area (Å²) < 4.78 is 4.76. The van der Waals surface area contributed by atoms with E-state index in [1.165, 1.54) is 7.11 Å². The fourth-order valence-corrected chi connectivity index (χ4v) is 3.67. The average Bonchev–Trinajstić information content (AvgIpc) is 3.14. The molecule has 6 nitrogen and oxygen atoms in total.